The van der Waals surface area contributed by atoms with E-state index in [-0.39, 0.29) is 12.3 Å². The average molecular weight is 425 g/mol. The number of carbonyl (C=O) groups excluding carboxylic acids is 1. The molecule has 0 saturated heterocycles. The first-order valence-electron chi connectivity index (χ1n) is 8.98. The van der Waals surface area contributed by atoms with Crippen molar-refractivity contribution in [1.82, 2.24) is 4.98 Å². The minimum atomic E-state index is -0.409. The van der Waals surface area contributed by atoms with Crippen LogP contribution in [-0.2, 0) is 17.6 Å². The van der Waals surface area contributed by atoms with E-state index in [1.807, 2.05) is 42.6 Å². The van der Waals surface area contributed by atoms with E-state index in [4.69, 9.17) is 16.0 Å². The van der Waals surface area contributed by atoms with E-state index in [1.165, 1.54) is 17.4 Å². The van der Waals surface area contributed by atoms with Gasteiger partial charge in [-0.25, -0.2) is 9.78 Å². The van der Waals surface area contributed by atoms with Crippen molar-refractivity contribution in [2.45, 2.75) is 19.8 Å². The zero-order valence-electron chi connectivity index (χ0n) is 15.6. The molecule has 2 aromatic heterocycles. The van der Waals surface area contributed by atoms with Crippen LogP contribution in [0.25, 0.3) is 11.0 Å². The van der Waals surface area contributed by atoms with Crippen molar-refractivity contribution < 1.29 is 9.21 Å². The topological polar surface area (TPSA) is 72.2 Å². The number of nitrogens with zero attached hydrogens (tertiary/aromatic N) is 1. The smallest absolute Gasteiger partial charge is 0.336 e. The Morgan fingerprint density at radius 2 is 2.07 bits per heavy atom. The molecule has 29 heavy (non-hydrogen) atoms. The van der Waals surface area contributed by atoms with Crippen LogP contribution < -0.4 is 10.9 Å². The highest BCUT2D eigenvalue weighted by atomic mass is 35.5. The third-order valence-corrected chi connectivity index (χ3v) is 5.55. The summed E-state index contributed by atoms with van der Waals surface area (Å²) in [5.41, 5.74) is 3.25. The largest absolute Gasteiger partial charge is 0.423 e. The minimum absolute atomic E-state index is 0.169. The van der Waals surface area contributed by atoms with Crippen molar-refractivity contribution in [3.05, 3.63) is 91.2 Å². The van der Waals surface area contributed by atoms with Crippen LogP contribution in [0.2, 0.25) is 5.02 Å². The number of benzene rings is 2. The summed E-state index contributed by atoms with van der Waals surface area (Å²) in [6, 6.07) is 14.4. The summed E-state index contributed by atoms with van der Waals surface area (Å²) >= 11 is 7.54. The molecule has 7 heteroatoms. The second-order valence-electron chi connectivity index (χ2n) is 6.72. The van der Waals surface area contributed by atoms with Crippen molar-refractivity contribution in [1.29, 1.82) is 0 Å². The maximum absolute atomic E-state index is 12.4. The highest BCUT2D eigenvalue weighted by Crippen LogP contribution is 2.21. The molecule has 2 heterocycles. The second kappa shape index (κ2) is 8.19. The van der Waals surface area contributed by atoms with Gasteiger partial charge in [0, 0.05) is 40.0 Å². The molecule has 0 spiro atoms. The van der Waals surface area contributed by atoms with Crippen molar-refractivity contribution in [2.75, 3.05) is 5.32 Å². The Morgan fingerprint density at radius 1 is 1.21 bits per heavy atom. The molecule has 0 aliphatic rings. The van der Waals surface area contributed by atoms with Gasteiger partial charge in [-0.15, -0.1) is 11.3 Å². The molecule has 0 aliphatic carbocycles. The lowest BCUT2D eigenvalue weighted by atomic mass is 10.1. The SMILES string of the molecule is Cc1cc(=O)oc2cc(NC(=O)Cc3csc(Cc4cccc(Cl)c4)n3)ccc12. The molecule has 0 bridgehead atoms. The number of anilines is 1. The monoisotopic (exact) mass is 424 g/mol. The van der Waals surface area contributed by atoms with Crippen molar-refractivity contribution in [3.8, 4) is 0 Å². The van der Waals surface area contributed by atoms with Crippen LogP contribution in [0.5, 0.6) is 0 Å². The zero-order chi connectivity index (χ0) is 20.4. The molecule has 1 N–H and O–H groups in total. The van der Waals surface area contributed by atoms with Gasteiger partial charge in [0.25, 0.3) is 0 Å². The van der Waals surface area contributed by atoms with Crippen LogP contribution in [0.1, 0.15) is 21.8 Å². The predicted octanol–water partition coefficient (Wildman–Crippen LogP) is 4.98. The Bertz CT molecular complexity index is 1260. The molecule has 0 fully saturated rings. The molecule has 146 valence electrons. The summed E-state index contributed by atoms with van der Waals surface area (Å²) in [5, 5.41) is 7.19. The van der Waals surface area contributed by atoms with Crippen LogP contribution in [0.15, 0.2) is 63.1 Å². The molecule has 2 aromatic carbocycles. The number of rotatable bonds is 5. The van der Waals surface area contributed by atoms with Crippen molar-refractivity contribution in [2.24, 2.45) is 0 Å². The third kappa shape index (κ3) is 4.72. The summed E-state index contributed by atoms with van der Waals surface area (Å²) in [5.74, 6) is -0.182. The maximum atomic E-state index is 12.4. The van der Waals surface area contributed by atoms with Gasteiger partial charge >= 0.3 is 5.63 Å². The lowest BCUT2D eigenvalue weighted by Gasteiger charge is -2.06. The number of thiazole rings is 1. The molecule has 0 radical (unpaired) electrons. The Morgan fingerprint density at radius 3 is 2.90 bits per heavy atom. The highest BCUT2D eigenvalue weighted by Gasteiger charge is 2.10. The summed E-state index contributed by atoms with van der Waals surface area (Å²) < 4.78 is 5.22. The Hall–Kier alpha value is -2.96. The average Bonchev–Trinajstić information content (AvgIpc) is 3.07. The van der Waals surface area contributed by atoms with E-state index in [0.717, 1.165) is 21.5 Å². The van der Waals surface area contributed by atoms with Gasteiger partial charge in [-0.3, -0.25) is 4.79 Å². The summed E-state index contributed by atoms with van der Waals surface area (Å²) in [7, 11) is 0. The summed E-state index contributed by atoms with van der Waals surface area (Å²) in [6.07, 6.45) is 0.845. The molecule has 5 nitrogen and oxygen atoms in total. The van der Waals surface area contributed by atoms with Crippen molar-refractivity contribution >= 4 is 45.5 Å². The first kappa shape index (κ1) is 19.4. The number of hydrogen-bond donors (Lipinski definition) is 1. The van der Waals surface area contributed by atoms with Gasteiger partial charge in [-0.1, -0.05) is 23.7 Å². The van der Waals surface area contributed by atoms with Crippen LogP contribution >= 0.6 is 22.9 Å². The van der Waals surface area contributed by atoms with Gasteiger partial charge in [0.15, 0.2) is 0 Å². The fourth-order valence-corrected chi connectivity index (χ4v) is 4.15. The minimum Gasteiger partial charge on any atom is -0.423 e. The first-order chi connectivity index (χ1) is 14.0. The van der Waals surface area contributed by atoms with Gasteiger partial charge in [0.05, 0.1) is 17.1 Å². The Kier molecular flexibility index (Phi) is 5.47. The van der Waals surface area contributed by atoms with Crippen LogP contribution in [0, 0.1) is 6.92 Å². The zero-order valence-corrected chi connectivity index (χ0v) is 17.1. The Labute approximate surface area is 176 Å². The predicted molar refractivity (Wildman–Crippen MR) is 116 cm³/mol. The van der Waals surface area contributed by atoms with Crippen LogP contribution in [-0.4, -0.2) is 10.9 Å². The number of fused-ring (bicyclic) bond motifs is 1. The summed E-state index contributed by atoms with van der Waals surface area (Å²) in [6.45, 7) is 1.85. The van der Waals surface area contributed by atoms with Crippen LogP contribution in [0.4, 0.5) is 5.69 Å². The lowest BCUT2D eigenvalue weighted by molar-refractivity contribution is -0.115. The van der Waals surface area contributed by atoms with E-state index >= 15 is 0 Å². The molecule has 0 unspecified atom stereocenters. The normalized spacial score (nSPS) is 11.0. The molecule has 4 rings (SSSR count). The van der Waals surface area contributed by atoms with Crippen molar-refractivity contribution in [3.63, 3.8) is 0 Å². The third-order valence-electron chi connectivity index (χ3n) is 4.42. The van der Waals surface area contributed by atoms with Gasteiger partial charge in [0.2, 0.25) is 5.91 Å². The molecule has 0 aliphatic heterocycles. The quantitative estimate of drug-likeness (QED) is 0.458. The van der Waals surface area contributed by atoms with E-state index in [9.17, 15) is 9.59 Å². The first-order valence-corrected chi connectivity index (χ1v) is 10.2. The van der Waals surface area contributed by atoms with Crippen LogP contribution in [0.3, 0.4) is 0 Å². The number of hydrogen-bond acceptors (Lipinski definition) is 5. The highest BCUT2D eigenvalue weighted by molar-refractivity contribution is 7.09. The fourth-order valence-electron chi connectivity index (χ4n) is 3.11. The molecular weight excluding hydrogens is 408 g/mol. The number of carbonyl (C=O) groups is 1. The van der Waals surface area contributed by atoms with Gasteiger partial charge in [-0.05, 0) is 42.3 Å². The van der Waals surface area contributed by atoms with E-state index in [2.05, 4.69) is 10.3 Å². The fraction of sp³-hybridized carbons (Fsp3) is 0.136. The Balaban J connectivity index is 1.43. The number of halogens is 1. The number of aromatic nitrogens is 1. The van der Waals surface area contributed by atoms with E-state index in [0.29, 0.717) is 28.4 Å². The van der Waals surface area contributed by atoms with Gasteiger partial charge in [-0.2, -0.15) is 0 Å². The molecule has 0 saturated carbocycles. The van der Waals surface area contributed by atoms with Gasteiger partial charge in [0.1, 0.15) is 5.58 Å². The number of aryl methyl sites for hydroxylation is 1. The standard InChI is InChI=1S/C22H17ClN2O3S/c1-13-7-22(27)28-19-10-16(5-6-18(13)19)24-20(26)11-17-12-29-21(25-17)9-14-3-2-4-15(23)8-14/h2-8,10,12H,9,11H2,1H3,(H,24,26). The van der Waals surface area contributed by atoms with E-state index < -0.39 is 5.63 Å². The maximum Gasteiger partial charge on any atom is 0.336 e. The number of amides is 1. The van der Waals surface area contributed by atoms with E-state index in [1.54, 1.807) is 12.1 Å². The lowest BCUT2D eigenvalue weighted by Crippen LogP contribution is -2.14. The number of nitrogens with one attached hydrogen (secondary N) is 1. The second-order valence-corrected chi connectivity index (χ2v) is 8.10. The van der Waals surface area contributed by atoms with Gasteiger partial charge < -0.3 is 9.73 Å². The molecule has 1 amide bonds. The summed E-state index contributed by atoms with van der Waals surface area (Å²) in [4.78, 5) is 28.5. The molecule has 0 atom stereocenters. The molecule has 4 aromatic rings. The molecular formula is C22H17ClN2O3S.